The molecule has 2 atom stereocenters. The summed E-state index contributed by atoms with van der Waals surface area (Å²) in [7, 11) is 0. The zero-order valence-corrected chi connectivity index (χ0v) is 11.7. The Bertz CT molecular complexity index is 456. The summed E-state index contributed by atoms with van der Waals surface area (Å²) in [4.78, 5) is 0. The summed E-state index contributed by atoms with van der Waals surface area (Å²) in [6.45, 7) is 0.480. The van der Waals surface area contributed by atoms with Crippen molar-refractivity contribution in [2.45, 2.75) is 38.3 Å². The van der Waals surface area contributed by atoms with Crippen LogP contribution in [0.3, 0.4) is 0 Å². The van der Waals surface area contributed by atoms with Crippen LogP contribution in [0, 0.1) is 23.1 Å². The zero-order chi connectivity index (χ0) is 13.0. The second-order valence-corrected chi connectivity index (χ2v) is 5.66. The zero-order valence-electron chi connectivity index (χ0n) is 10.1. The number of halogens is 2. The van der Waals surface area contributed by atoms with Crippen LogP contribution < -0.4 is 5.32 Å². The quantitative estimate of drug-likeness (QED) is 0.922. The Kier molecular flexibility index (Phi) is 4.73. The van der Waals surface area contributed by atoms with Crippen LogP contribution in [0.2, 0.25) is 0 Å². The lowest BCUT2D eigenvalue weighted by Gasteiger charge is -2.27. The number of benzene rings is 1. The summed E-state index contributed by atoms with van der Waals surface area (Å²) in [5.41, 5.74) is 0.645. The Labute approximate surface area is 115 Å². The average Bonchev–Trinajstić information content (AvgIpc) is 2.40. The summed E-state index contributed by atoms with van der Waals surface area (Å²) in [6, 6.07) is 7.49. The highest BCUT2D eigenvalue weighted by Crippen LogP contribution is 2.24. The molecule has 2 rings (SSSR count). The molecule has 0 bridgehead atoms. The van der Waals surface area contributed by atoms with Crippen LogP contribution in [0.25, 0.3) is 0 Å². The Morgan fingerprint density at radius 1 is 1.39 bits per heavy atom. The van der Waals surface area contributed by atoms with E-state index in [1.165, 1.54) is 6.07 Å². The van der Waals surface area contributed by atoms with Crippen molar-refractivity contribution >= 4 is 15.9 Å². The van der Waals surface area contributed by atoms with E-state index in [9.17, 15) is 4.39 Å². The van der Waals surface area contributed by atoms with Gasteiger partial charge in [-0.3, -0.25) is 0 Å². The van der Waals surface area contributed by atoms with Crippen molar-refractivity contribution in [3.63, 3.8) is 0 Å². The van der Waals surface area contributed by atoms with Gasteiger partial charge in [0.15, 0.2) is 0 Å². The molecule has 96 valence electrons. The SMILES string of the molecule is N#CC1CCCCC1NCc1cc(Br)ccc1F. The van der Waals surface area contributed by atoms with Crippen molar-refractivity contribution in [2.75, 3.05) is 0 Å². The van der Waals surface area contributed by atoms with E-state index in [2.05, 4.69) is 27.3 Å². The molecule has 0 spiro atoms. The molecule has 0 radical (unpaired) electrons. The van der Waals surface area contributed by atoms with Gasteiger partial charge in [0.05, 0.1) is 12.0 Å². The molecule has 1 aromatic rings. The first-order chi connectivity index (χ1) is 8.70. The van der Waals surface area contributed by atoms with Gasteiger partial charge >= 0.3 is 0 Å². The molecule has 1 saturated carbocycles. The molecule has 18 heavy (non-hydrogen) atoms. The monoisotopic (exact) mass is 310 g/mol. The highest BCUT2D eigenvalue weighted by Gasteiger charge is 2.24. The minimum absolute atomic E-state index is 0.0639. The molecule has 1 aliphatic rings. The first-order valence-electron chi connectivity index (χ1n) is 6.27. The Hall–Kier alpha value is -0.920. The predicted molar refractivity (Wildman–Crippen MR) is 72.3 cm³/mol. The number of nitrogens with one attached hydrogen (secondary N) is 1. The van der Waals surface area contributed by atoms with Crippen molar-refractivity contribution < 1.29 is 4.39 Å². The Morgan fingerprint density at radius 2 is 2.17 bits per heavy atom. The molecule has 1 aliphatic carbocycles. The fourth-order valence-corrected chi connectivity index (χ4v) is 2.86. The van der Waals surface area contributed by atoms with Crippen LogP contribution in [0.5, 0.6) is 0 Å². The van der Waals surface area contributed by atoms with E-state index in [4.69, 9.17) is 5.26 Å². The molecule has 0 saturated heterocycles. The van der Waals surface area contributed by atoms with E-state index in [1.807, 2.05) is 0 Å². The molecule has 1 fully saturated rings. The van der Waals surface area contributed by atoms with Gasteiger partial charge in [-0.1, -0.05) is 28.8 Å². The van der Waals surface area contributed by atoms with Crippen molar-refractivity contribution in [1.82, 2.24) is 5.32 Å². The lowest BCUT2D eigenvalue weighted by molar-refractivity contribution is 0.310. The summed E-state index contributed by atoms with van der Waals surface area (Å²) in [5.74, 6) is -0.135. The van der Waals surface area contributed by atoms with Crippen molar-refractivity contribution in [3.05, 3.63) is 34.1 Å². The third-order valence-electron chi connectivity index (χ3n) is 3.49. The number of nitriles is 1. The fourth-order valence-electron chi connectivity index (χ4n) is 2.45. The van der Waals surface area contributed by atoms with Gasteiger partial charge in [0.25, 0.3) is 0 Å². The molecule has 0 aliphatic heterocycles. The third kappa shape index (κ3) is 3.30. The van der Waals surface area contributed by atoms with Crippen LogP contribution in [-0.2, 0) is 6.54 Å². The maximum Gasteiger partial charge on any atom is 0.127 e. The minimum atomic E-state index is -0.199. The maximum absolute atomic E-state index is 13.6. The summed E-state index contributed by atoms with van der Waals surface area (Å²) in [5, 5.41) is 12.4. The smallest absolute Gasteiger partial charge is 0.127 e. The first kappa shape index (κ1) is 13.5. The van der Waals surface area contributed by atoms with Crippen LogP contribution in [0.4, 0.5) is 4.39 Å². The van der Waals surface area contributed by atoms with E-state index in [1.54, 1.807) is 12.1 Å². The van der Waals surface area contributed by atoms with Gasteiger partial charge in [-0.15, -0.1) is 0 Å². The highest BCUT2D eigenvalue weighted by atomic mass is 79.9. The van der Waals surface area contributed by atoms with E-state index in [0.717, 1.165) is 30.2 Å². The molecule has 0 heterocycles. The lowest BCUT2D eigenvalue weighted by atomic mass is 9.85. The number of rotatable bonds is 3. The molecular formula is C14H16BrFN2. The first-order valence-corrected chi connectivity index (χ1v) is 7.07. The van der Waals surface area contributed by atoms with Crippen LogP contribution in [0.15, 0.2) is 22.7 Å². The summed E-state index contributed by atoms with van der Waals surface area (Å²) in [6.07, 6.45) is 4.24. The van der Waals surface area contributed by atoms with Gasteiger partial charge < -0.3 is 5.32 Å². The largest absolute Gasteiger partial charge is 0.309 e. The lowest BCUT2D eigenvalue weighted by Crippen LogP contribution is -2.37. The second kappa shape index (κ2) is 6.31. The Balaban J connectivity index is 1.98. The van der Waals surface area contributed by atoms with E-state index in [-0.39, 0.29) is 17.8 Å². The van der Waals surface area contributed by atoms with Gasteiger partial charge in [0, 0.05) is 22.6 Å². The molecule has 1 aromatic carbocycles. The maximum atomic E-state index is 13.6. The minimum Gasteiger partial charge on any atom is -0.309 e. The van der Waals surface area contributed by atoms with E-state index in [0.29, 0.717) is 12.1 Å². The van der Waals surface area contributed by atoms with Gasteiger partial charge in [-0.25, -0.2) is 4.39 Å². The van der Waals surface area contributed by atoms with Crippen LogP contribution in [-0.4, -0.2) is 6.04 Å². The Morgan fingerprint density at radius 3 is 2.94 bits per heavy atom. The number of nitrogens with zero attached hydrogens (tertiary/aromatic N) is 1. The third-order valence-corrected chi connectivity index (χ3v) is 3.99. The van der Waals surface area contributed by atoms with Crippen LogP contribution >= 0.6 is 15.9 Å². The molecular weight excluding hydrogens is 295 g/mol. The highest BCUT2D eigenvalue weighted by molar-refractivity contribution is 9.10. The topological polar surface area (TPSA) is 35.8 Å². The summed E-state index contributed by atoms with van der Waals surface area (Å²) >= 11 is 3.34. The molecule has 1 N–H and O–H groups in total. The van der Waals surface area contributed by atoms with E-state index >= 15 is 0 Å². The van der Waals surface area contributed by atoms with Gasteiger partial charge in [-0.05, 0) is 31.0 Å². The van der Waals surface area contributed by atoms with Crippen molar-refractivity contribution in [2.24, 2.45) is 5.92 Å². The summed E-state index contributed by atoms with van der Waals surface area (Å²) < 4.78 is 14.5. The van der Waals surface area contributed by atoms with Gasteiger partial charge in [0.1, 0.15) is 5.82 Å². The van der Waals surface area contributed by atoms with Crippen molar-refractivity contribution in [1.29, 1.82) is 5.26 Å². The standard InChI is InChI=1S/C14H16BrFN2/c15-12-5-6-13(16)11(7-12)9-18-14-4-2-1-3-10(14)8-17/h5-7,10,14,18H,1-4,9H2. The van der Waals surface area contributed by atoms with Crippen molar-refractivity contribution in [3.8, 4) is 6.07 Å². The normalized spacial score (nSPS) is 23.6. The average molecular weight is 311 g/mol. The molecule has 0 aromatic heterocycles. The van der Waals surface area contributed by atoms with E-state index < -0.39 is 0 Å². The molecule has 2 unspecified atom stereocenters. The molecule has 4 heteroatoms. The van der Waals surface area contributed by atoms with Crippen LogP contribution in [0.1, 0.15) is 31.2 Å². The van der Waals surface area contributed by atoms with Gasteiger partial charge in [0.2, 0.25) is 0 Å². The number of hydrogen-bond donors (Lipinski definition) is 1. The van der Waals surface area contributed by atoms with Gasteiger partial charge in [-0.2, -0.15) is 5.26 Å². The predicted octanol–water partition coefficient (Wildman–Crippen LogP) is 3.76. The number of hydrogen-bond acceptors (Lipinski definition) is 2. The fraction of sp³-hybridized carbons (Fsp3) is 0.500. The second-order valence-electron chi connectivity index (χ2n) is 4.74. The molecule has 0 amide bonds. The molecule has 2 nitrogen and oxygen atoms in total.